The Kier molecular flexibility index (Phi) is 58.2. The smallest absolute Gasteiger partial charge is 0.346 e. The first-order valence-corrected chi connectivity index (χ1v) is 5.40. The molecule has 0 amide bonds. The molecule has 0 aliphatic carbocycles. The number of hydrogen-bond donors (Lipinski definition) is 0. The van der Waals surface area contributed by atoms with Crippen LogP contribution in [0.4, 0.5) is 0 Å². The van der Waals surface area contributed by atoms with Gasteiger partial charge in [-0.1, -0.05) is 41.5 Å². The first-order valence-electron chi connectivity index (χ1n) is 5.40. The van der Waals surface area contributed by atoms with Gasteiger partial charge in [-0.3, -0.25) is 0 Å². The molecule has 0 atom stereocenters. The van der Waals surface area contributed by atoms with Crippen LogP contribution in [0.5, 0.6) is 0 Å². The third-order valence-electron chi connectivity index (χ3n) is 0. The molecule has 0 radical (unpaired) electrons. The first-order chi connectivity index (χ1) is 6.20. The molecule has 0 fully saturated rings. The van der Waals surface area contributed by atoms with Gasteiger partial charge in [0.25, 0.3) is 0 Å². The zero-order valence-electron chi connectivity index (χ0n) is 12.1. The van der Waals surface area contributed by atoms with E-state index in [9.17, 15) is 0 Å². The van der Waals surface area contributed by atoms with Crippen molar-refractivity contribution >= 4 is 0 Å². The van der Waals surface area contributed by atoms with Gasteiger partial charge in [0.05, 0.1) is 0 Å². The zero-order chi connectivity index (χ0) is 12.7. The van der Waals surface area contributed by atoms with E-state index in [1.54, 1.807) is 6.92 Å². The quantitative estimate of drug-likeness (QED) is 0.534. The van der Waals surface area contributed by atoms with Gasteiger partial charge in [-0.05, 0) is 0 Å². The average Bonchev–Trinajstić information content (AvgIpc) is 1.86. The van der Waals surface area contributed by atoms with E-state index >= 15 is 0 Å². The maximum atomic E-state index is 3.64. The van der Waals surface area contributed by atoms with Crippen LogP contribution in [0.2, 0.25) is 0 Å². The summed E-state index contributed by atoms with van der Waals surface area (Å²) in [6, 6.07) is 0. The standard InChI is InChI=1S/3C4H9.C2H5.Zr/c3*1-4(2)3;1-2;/h3*4H,1H2,2-3H3;1H2,2H3;/q4*-1;+4. The Hall–Kier alpha value is 0.883. The monoisotopic (exact) mass is 290 g/mol. The second-order valence-corrected chi connectivity index (χ2v) is 4.18. The molecule has 0 aromatic rings. The molecule has 0 nitrogen and oxygen atoms in total. The fourth-order valence-electron chi connectivity index (χ4n) is 0. The Morgan fingerprint density at radius 3 is 0.533 bits per heavy atom. The predicted molar refractivity (Wildman–Crippen MR) is 71.6 cm³/mol. The molecule has 0 N–H and O–H groups in total. The Balaban J connectivity index is -0.0000000298. The second-order valence-electron chi connectivity index (χ2n) is 4.18. The van der Waals surface area contributed by atoms with E-state index < -0.39 is 0 Å². The van der Waals surface area contributed by atoms with Crippen molar-refractivity contribution in [3.63, 3.8) is 0 Å². The average molecular weight is 292 g/mol. The van der Waals surface area contributed by atoms with Crippen molar-refractivity contribution in [3.8, 4) is 0 Å². The fraction of sp³-hybridized carbons (Fsp3) is 0.714. The predicted octanol–water partition coefficient (Wildman–Crippen LogP) is 5.27. The molecule has 15 heavy (non-hydrogen) atoms. The summed E-state index contributed by atoms with van der Waals surface area (Å²) in [4.78, 5) is 0. The molecule has 0 aliphatic heterocycles. The minimum atomic E-state index is 0. The summed E-state index contributed by atoms with van der Waals surface area (Å²) in [5, 5.41) is 0. The van der Waals surface area contributed by atoms with Crippen LogP contribution < -0.4 is 0 Å². The molecule has 0 spiro atoms. The van der Waals surface area contributed by atoms with E-state index in [1.165, 1.54) is 0 Å². The number of rotatable bonds is 0. The number of hydrogen-bond acceptors (Lipinski definition) is 0. The molecule has 92 valence electrons. The van der Waals surface area contributed by atoms with Crippen LogP contribution in [-0.2, 0) is 26.2 Å². The van der Waals surface area contributed by atoms with Gasteiger partial charge in [0.15, 0.2) is 0 Å². The zero-order valence-corrected chi connectivity index (χ0v) is 14.5. The van der Waals surface area contributed by atoms with Crippen LogP contribution in [-0.4, -0.2) is 0 Å². The van der Waals surface area contributed by atoms with Gasteiger partial charge < -0.3 is 27.7 Å². The Morgan fingerprint density at radius 2 is 0.533 bits per heavy atom. The molecule has 0 bridgehead atoms. The Labute approximate surface area is 120 Å². The largest absolute Gasteiger partial charge is 4.00 e. The Bertz CT molecular complexity index is 33.8. The molecule has 0 heterocycles. The van der Waals surface area contributed by atoms with Gasteiger partial charge in [-0.25, -0.2) is 0 Å². The van der Waals surface area contributed by atoms with E-state index in [0.29, 0.717) is 17.8 Å². The third-order valence-corrected chi connectivity index (χ3v) is 0. The van der Waals surface area contributed by atoms with Crippen molar-refractivity contribution in [2.75, 3.05) is 0 Å². The van der Waals surface area contributed by atoms with E-state index in [4.69, 9.17) is 0 Å². The molecule has 1 heteroatoms. The molecule has 0 saturated carbocycles. The molecule has 0 aromatic carbocycles. The third kappa shape index (κ3) is 3170. The van der Waals surface area contributed by atoms with Gasteiger partial charge in [0.1, 0.15) is 0 Å². The summed E-state index contributed by atoms with van der Waals surface area (Å²) in [5.74, 6) is 1.75. The van der Waals surface area contributed by atoms with Crippen LogP contribution in [0.1, 0.15) is 48.5 Å². The van der Waals surface area contributed by atoms with Crippen LogP contribution in [0.3, 0.4) is 0 Å². The molecule has 0 saturated heterocycles. The SMILES string of the molecule is [CH2-]C.[CH2-]C(C)C.[CH2-]C(C)C.[CH2-]C(C)C.[Zr+4]. The van der Waals surface area contributed by atoms with Gasteiger partial charge in [0, 0.05) is 0 Å². The molecule has 0 unspecified atom stereocenters. The van der Waals surface area contributed by atoms with Gasteiger partial charge in [-0.15, -0.1) is 0 Å². The summed E-state index contributed by atoms with van der Waals surface area (Å²) in [5.41, 5.74) is 0. The van der Waals surface area contributed by atoms with Crippen molar-refractivity contribution in [1.29, 1.82) is 0 Å². The second kappa shape index (κ2) is 29.4. The van der Waals surface area contributed by atoms with Crippen LogP contribution in [0.15, 0.2) is 0 Å². The van der Waals surface area contributed by atoms with Crippen molar-refractivity contribution < 1.29 is 26.2 Å². The molecule has 0 aliphatic rings. The van der Waals surface area contributed by atoms with Crippen LogP contribution in [0.25, 0.3) is 0 Å². The normalized spacial score (nSPS) is 7.60. The van der Waals surface area contributed by atoms with E-state index in [0.717, 1.165) is 0 Å². The molecular formula is C14H32Zr. The van der Waals surface area contributed by atoms with Crippen LogP contribution >= 0.6 is 0 Å². The van der Waals surface area contributed by atoms with Crippen molar-refractivity contribution in [2.45, 2.75) is 48.5 Å². The van der Waals surface area contributed by atoms with E-state index in [1.807, 2.05) is 0 Å². The summed E-state index contributed by atoms with van der Waals surface area (Å²) in [6.45, 7) is 28.2. The minimum absolute atomic E-state index is 0. The Morgan fingerprint density at radius 1 is 0.533 bits per heavy atom. The fourth-order valence-corrected chi connectivity index (χ4v) is 0. The summed E-state index contributed by atoms with van der Waals surface area (Å²) >= 11 is 0. The van der Waals surface area contributed by atoms with Gasteiger partial charge in [-0.2, -0.15) is 24.7 Å². The maximum absolute atomic E-state index is 3.64. The van der Waals surface area contributed by atoms with Gasteiger partial charge >= 0.3 is 26.2 Å². The van der Waals surface area contributed by atoms with Gasteiger partial charge in [0.2, 0.25) is 0 Å². The minimum Gasteiger partial charge on any atom is -0.346 e. The summed E-state index contributed by atoms with van der Waals surface area (Å²) in [7, 11) is 0. The van der Waals surface area contributed by atoms with Crippen molar-refractivity contribution in [2.24, 2.45) is 17.8 Å². The summed E-state index contributed by atoms with van der Waals surface area (Å²) < 4.78 is 0. The first kappa shape index (κ1) is 29.7. The maximum Gasteiger partial charge on any atom is 4.00 e. The van der Waals surface area contributed by atoms with E-state index in [2.05, 4.69) is 69.2 Å². The molecule has 0 rings (SSSR count). The molecular weight excluding hydrogens is 259 g/mol. The molecule has 0 aromatic heterocycles. The van der Waals surface area contributed by atoms with Crippen molar-refractivity contribution in [3.05, 3.63) is 27.7 Å². The summed E-state index contributed by atoms with van der Waals surface area (Å²) in [6.07, 6.45) is 0. The van der Waals surface area contributed by atoms with E-state index in [-0.39, 0.29) is 26.2 Å². The van der Waals surface area contributed by atoms with Crippen molar-refractivity contribution in [1.82, 2.24) is 0 Å². The topological polar surface area (TPSA) is 0 Å². The van der Waals surface area contributed by atoms with Crippen LogP contribution in [0, 0.1) is 45.4 Å².